The molecule has 0 heterocycles. The van der Waals surface area contributed by atoms with Crippen molar-refractivity contribution < 1.29 is 22.1 Å². The number of hydrogen-bond donors (Lipinski definition) is 2. The molecule has 0 saturated heterocycles. The van der Waals surface area contributed by atoms with E-state index in [1.165, 1.54) is 0 Å². The van der Waals surface area contributed by atoms with Gasteiger partial charge in [-0.2, -0.15) is 0 Å². The van der Waals surface area contributed by atoms with Crippen molar-refractivity contribution in [2.45, 2.75) is 90.4 Å². The molecule has 4 rings (SSSR count). The van der Waals surface area contributed by atoms with Gasteiger partial charge >= 0.3 is 6.09 Å². The molecule has 1 amide bonds. The number of ether oxygens (including phenoxy) is 2. The fourth-order valence-corrected chi connectivity index (χ4v) is 4.39. The van der Waals surface area contributed by atoms with Gasteiger partial charge in [-0.05, 0) is 96.8 Å². The number of aliphatic hydroxyl groups is 1. The van der Waals surface area contributed by atoms with Crippen molar-refractivity contribution in [1.82, 2.24) is 5.32 Å². The average molecular weight is 406 g/mol. The van der Waals surface area contributed by atoms with Gasteiger partial charge in [-0.25, -0.2) is 4.79 Å². The van der Waals surface area contributed by atoms with Gasteiger partial charge in [0.15, 0.2) is 0 Å². The highest BCUT2D eigenvalue weighted by Gasteiger charge is 2.41. The minimum atomic E-state index is -1.73. The Bertz CT molecular complexity index is 758. The van der Waals surface area contributed by atoms with Gasteiger partial charge in [0.2, 0.25) is 0 Å². The van der Waals surface area contributed by atoms with Crippen molar-refractivity contribution in [1.29, 1.82) is 0 Å². The summed E-state index contributed by atoms with van der Waals surface area (Å²) >= 11 is 0. The molecule has 0 aromatic heterocycles. The number of carbonyl (C=O) groups is 1. The van der Waals surface area contributed by atoms with E-state index in [-0.39, 0.29) is 0 Å². The average Bonchev–Trinajstić information content (AvgIpc) is 2.66. The molecule has 3 aliphatic rings. The molecule has 2 N–H and O–H groups in total. The zero-order valence-corrected chi connectivity index (χ0v) is 18.4. The molecule has 162 valence electrons. The van der Waals surface area contributed by atoms with Crippen molar-refractivity contribution >= 4 is 6.09 Å². The second-order valence-corrected chi connectivity index (χ2v) is 10.3. The summed E-state index contributed by atoms with van der Waals surface area (Å²) in [5, 5.41) is 13.4. The molecule has 3 fully saturated rings. The Kier molecular flexibility index (Phi) is 5.42. The van der Waals surface area contributed by atoms with Crippen LogP contribution in [0.5, 0.6) is 5.75 Å². The molecule has 2 bridgehead atoms. The molecule has 0 spiro atoms. The molecule has 1 aromatic carbocycles. The number of alkyl carbamates (subject to hydrolysis) is 1. The maximum atomic E-state index is 12.3. The first-order valence-electron chi connectivity index (χ1n) is 11.7. The fourth-order valence-electron chi connectivity index (χ4n) is 4.39. The molecular formula is C24H37NO4. The summed E-state index contributed by atoms with van der Waals surface area (Å²) in [4.78, 5) is 12.3. The van der Waals surface area contributed by atoms with E-state index in [0.717, 1.165) is 44.4 Å². The Morgan fingerprint density at radius 3 is 2.21 bits per heavy atom. The Morgan fingerprint density at radius 1 is 1.17 bits per heavy atom. The molecule has 3 saturated carbocycles. The summed E-state index contributed by atoms with van der Waals surface area (Å²) in [7, 11) is 0. The zero-order valence-electron chi connectivity index (χ0n) is 20.4. The van der Waals surface area contributed by atoms with Crippen LogP contribution in [-0.2, 0) is 4.74 Å². The van der Waals surface area contributed by atoms with E-state index in [4.69, 9.17) is 12.2 Å². The molecule has 1 aromatic rings. The third-order valence-electron chi connectivity index (χ3n) is 6.06. The topological polar surface area (TPSA) is 67.8 Å². The number of benzene rings is 1. The second-order valence-electron chi connectivity index (χ2n) is 10.3. The van der Waals surface area contributed by atoms with Crippen LogP contribution in [0.25, 0.3) is 0 Å². The summed E-state index contributed by atoms with van der Waals surface area (Å²) in [6, 6.07) is 6.21. The summed E-state index contributed by atoms with van der Waals surface area (Å²) in [5.41, 5.74) is -1.60. The van der Waals surface area contributed by atoms with E-state index >= 15 is 0 Å². The van der Waals surface area contributed by atoms with E-state index < -0.39 is 35.3 Å². The normalized spacial score (nSPS) is 26.9. The largest absolute Gasteiger partial charge is 0.493 e. The van der Waals surface area contributed by atoms with E-state index in [0.29, 0.717) is 11.3 Å². The van der Waals surface area contributed by atoms with Crippen LogP contribution in [-0.4, -0.2) is 29.0 Å². The van der Waals surface area contributed by atoms with Crippen molar-refractivity contribution in [3.8, 4) is 5.75 Å². The highest BCUT2D eigenvalue weighted by atomic mass is 16.6. The van der Waals surface area contributed by atoms with Gasteiger partial charge < -0.3 is 19.9 Å². The number of amides is 1. The monoisotopic (exact) mass is 405 g/mol. The number of fused-ring (bicyclic) bond motifs is 3. The van der Waals surface area contributed by atoms with Gasteiger partial charge in [0.25, 0.3) is 0 Å². The molecule has 1 atom stereocenters. The maximum Gasteiger partial charge on any atom is 0.408 e. The Hall–Kier alpha value is -1.75. The van der Waals surface area contributed by atoms with Crippen LogP contribution in [0.2, 0.25) is 0 Å². The van der Waals surface area contributed by atoms with Crippen LogP contribution in [0.4, 0.5) is 4.79 Å². The second kappa shape index (κ2) is 8.17. The van der Waals surface area contributed by atoms with E-state index in [9.17, 15) is 9.90 Å². The lowest BCUT2D eigenvalue weighted by molar-refractivity contribution is 0.0160. The third-order valence-corrected chi connectivity index (χ3v) is 6.06. The van der Waals surface area contributed by atoms with Crippen molar-refractivity contribution in [3.63, 3.8) is 0 Å². The highest BCUT2D eigenvalue weighted by Crippen LogP contribution is 2.50. The highest BCUT2D eigenvalue weighted by molar-refractivity contribution is 5.68. The van der Waals surface area contributed by atoms with Gasteiger partial charge in [-0.3, -0.25) is 0 Å². The predicted octanol–water partition coefficient (Wildman–Crippen LogP) is 5.37. The number of hydrogen-bond acceptors (Lipinski definition) is 4. The zero-order chi connectivity index (χ0) is 23.1. The molecule has 5 heteroatoms. The van der Waals surface area contributed by atoms with Crippen molar-refractivity contribution in [2.24, 2.45) is 11.3 Å². The Balaban J connectivity index is 1.73. The molecule has 0 aliphatic heterocycles. The molecule has 29 heavy (non-hydrogen) atoms. The first-order valence-corrected chi connectivity index (χ1v) is 10.7. The number of nitrogens with one attached hydrogen (secondary N) is 1. The SMILES string of the molecule is [2H]C([2H])(Oc1ccc(C(NC(=O)OC(C)(C)C)C(C)(C)O)cc1)C12CCC(CC1)CC2. The summed E-state index contributed by atoms with van der Waals surface area (Å²) in [6.45, 7) is 6.86. The summed E-state index contributed by atoms with van der Waals surface area (Å²) < 4.78 is 28.6. The molecular weight excluding hydrogens is 366 g/mol. The lowest BCUT2D eigenvalue weighted by atomic mass is 9.61. The fraction of sp³-hybridized carbons (Fsp3) is 0.708. The van der Waals surface area contributed by atoms with Gasteiger partial charge in [0, 0.05) is 5.41 Å². The summed E-state index contributed by atoms with van der Waals surface area (Å²) in [5.74, 6) is 1.20. The van der Waals surface area contributed by atoms with Crippen LogP contribution < -0.4 is 10.1 Å². The van der Waals surface area contributed by atoms with Gasteiger partial charge in [0.05, 0.1) is 20.9 Å². The van der Waals surface area contributed by atoms with E-state index in [1.807, 2.05) is 0 Å². The van der Waals surface area contributed by atoms with Crippen LogP contribution >= 0.6 is 0 Å². The standard InChI is InChI=1S/C24H37NO4/c1-22(2,3)29-21(26)25-20(23(4,5)27)18-6-8-19(9-7-18)28-16-24-13-10-17(11-14-24)12-15-24/h6-9,17,20,27H,10-16H2,1-5H3,(H,25,26)/i16D2. The van der Waals surface area contributed by atoms with E-state index in [2.05, 4.69) is 5.32 Å². The lowest BCUT2D eigenvalue weighted by Crippen LogP contribution is -2.44. The van der Waals surface area contributed by atoms with Gasteiger partial charge in [0.1, 0.15) is 11.4 Å². The van der Waals surface area contributed by atoms with Crippen LogP contribution in [0, 0.1) is 11.3 Å². The first-order chi connectivity index (χ1) is 14.2. The minimum Gasteiger partial charge on any atom is -0.493 e. The molecule has 0 radical (unpaired) electrons. The number of rotatable bonds is 6. The van der Waals surface area contributed by atoms with Crippen LogP contribution in [0.3, 0.4) is 0 Å². The minimum absolute atomic E-state index is 0.408. The summed E-state index contributed by atoms with van der Waals surface area (Å²) in [6.07, 6.45) is 5.29. The quantitative estimate of drug-likeness (QED) is 0.667. The molecule has 5 nitrogen and oxygen atoms in total. The van der Waals surface area contributed by atoms with E-state index in [1.54, 1.807) is 58.9 Å². The van der Waals surface area contributed by atoms with Crippen molar-refractivity contribution in [3.05, 3.63) is 29.8 Å². The lowest BCUT2D eigenvalue weighted by Gasteiger charge is -2.46. The van der Waals surface area contributed by atoms with Gasteiger partial charge in [-0.1, -0.05) is 12.1 Å². The predicted molar refractivity (Wildman–Crippen MR) is 114 cm³/mol. The maximum absolute atomic E-state index is 12.3. The first kappa shape index (κ1) is 19.2. The number of carbonyl (C=O) groups excluding carboxylic acids is 1. The van der Waals surface area contributed by atoms with Crippen molar-refractivity contribution in [2.75, 3.05) is 6.56 Å². The smallest absolute Gasteiger partial charge is 0.408 e. The Labute approximate surface area is 178 Å². The van der Waals surface area contributed by atoms with Crippen LogP contribution in [0.1, 0.15) is 87.5 Å². The van der Waals surface area contributed by atoms with Gasteiger partial charge in [-0.15, -0.1) is 0 Å². The Morgan fingerprint density at radius 2 is 1.72 bits per heavy atom. The molecule has 1 unspecified atom stereocenters. The van der Waals surface area contributed by atoms with Crippen LogP contribution in [0.15, 0.2) is 24.3 Å². The third kappa shape index (κ3) is 5.88. The molecule has 3 aliphatic carbocycles.